The Kier molecular flexibility index (Phi) is 9.70. The molecule has 1 saturated carbocycles. The smallest absolute Gasteiger partial charge is 0.333 e. The number of ketones is 1. The third kappa shape index (κ3) is 8.10. The quantitative estimate of drug-likeness (QED) is 0.272. The molecule has 1 unspecified atom stereocenters. The fourth-order valence-corrected chi connectivity index (χ4v) is 7.34. The van der Waals surface area contributed by atoms with E-state index in [1.165, 1.54) is 23.9 Å². The van der Waals surface area contributed by atoms with E-state index in [2.05, 4.69) is 19.5 Å². The average Bonchev–Trinajstić information content (AvgIpc) is 3.49. The first kappa shape index (κ1) is 30.0. The number of ether oxygens (including phenoxy) is 1. The van der Waals surface area contributed by atoms with Crippen molar-refractivity contribution in [3.8, 4) is 0 Å². The van der Waals surface area contributed by atoms with Crippen LogP contribution in [0.25, 0.3) is 0 Å². The lowest BCUT2D eigenvalue weighted by molar-refractivity contribution is 0.0552. The van der Waals surface area contributed by atoms with Crippen LogP contribution in [0.5, 0.6) is 0 Å². The zero-order valence-electron chi connectivity index (χ0n) is 22.4. The summed E-state index contributed by atoms with van der Waals surface area (Å²) in [4.78, 5) is 24.0. The van der Waals surface area contributed by atoms with Crippen molar-refractivity contribution in [1.82, 2.24) is 9.97 Å². The number of halogens is 1. The molecule has 13 heteroatoms. The molecule has 1 saturated heterocycles. The van der Waals surface area contributed by atoms with Crippen LogP contribution in [0.2, 0.25) is 5.02 Å². The van der Waals surface area contributed by atoms with Crippen molar-refractivity contribution in [2.75, 3.05) is 25.1 Å². The standard InChI is InChI=1S/C28H33ClN4O6S2/c29-21-5-1-3-17(8-21)7-19-11-26(40-25(19)9-18-4-2-6-38-14-18)27(35)23-13-31-16-32-28(23)33-22-10-20(24(34)12-22)15-39-41(30,36)37/h1,3,5,8,11,13,16,18,20,22,24,34H,2,4,6-7,9-10,12,14-15H2,(H2,30,36,37)(H,31,32,33)/t18?,20-,22-,24+/m1/s1. The van der Waals surface area contributed by atoms with Crippen molar-refractivity contribution >= 4 is 44.8 Å². The van der Waals surface area contributed by atoms with Gasteiger partial charge in [0.15, 0.2) is 0 Å². The van der Waals surface area contributed by atoms with E-state index in [1.807, 2.05) is 30.3 Å². The summed E-state index contributed by atoms with van der Waals surface area (Å²) in [5, 5.41) is 19.3. The lowest BCUT2D eigenvalue weighted by Crippen LogP contribution is -2.24. The lowest BCUT2D eigenvalue weighted by Gasteiger charge is -2.22. The van der Waals surface area contributed by atoms with Gasteiger partial charge in [0, 0.05) is 41.3 Å². The number of benzene rings is 1. The van der Waals surface area contributed by atoms with Gasteiger partial charge in [-0.2, -0.15) is 8.42 Å². The molecule has 1 aliphatic heterocycles. The topological polar surface area (TPSA) is 154 Å². The maximum Gasteiger partial charge on any atom is 0.333 e. The van der Waals surface area contributed by atoms with Crippen LogP contribution < -0.4 is 10.5 Å². The van der Waals surface area contributed by atoms with Gasteiger partial charge in [-0.3, -0.25) is 8.98 Å². The van der Waals surface area contributed by atoms with Gasteiger partial charge in [-0.1, -0.05) is 23.7 Å². The van der Waals surface area contributed by atoms with Gasteiger partial charge in [0.2, 0.25) is 5.78 Å². The molecule has 0 radical (unpaired) electrons. The fraction of sp³-hybridized carbons (Fsp3) is 0.464. The lowest BCUT2D eigenvalue weighted by atomic mass is 9.94. The number of carbonyl (C=O) groups excluding carboxylic acids is 1. The van der Waals surface area contributed by atoms with Crippen LogP contribution in [0.1, 0.15) is 56.9 Å². The number of thiophene rings is 1. The minimum absolute atomic E-state index is 0.191. The summed E-state index contributed by atoms with van der Waals surface area (Å²) in [6.07, 6.45) is 6.46. The first-order valence-electron chi connectivity index (χ1n) is 13.5. The number of hydrogen-bond donors (Lipinski definition) is 3. The van der Waals surface area contributed by atoms with Crippen LogP contribution in [0, 0.1) is 11.8 Å². The predicted octanol–water partition coefficient (Wildman–Crippen LogP) is 3.75. The Morgan fingerprint density at radius 3 is 2.90 bits per heavy atom. The van der Waals surface area contributed by atoms with Gasteiger partial charge in [0.1, 0.15) is 12.1 Å². The predicted molar refractivity (Wildman–Crippen MR) is 156 cm³/mol. The van der Waals surface area contributed by atoms with Crippen molar-refractivity contribution in [3.05, 3.63) is 74.3 Å². The van der Waals surface area contributed by atoms with E-state index in [1.54, 1.807) is 0 Å². The highest BCUT2D eigenvalue weighted by atomic mass is 35.5. The van der Waals surface area contributed by atoms with E-state index in [4.69, 9.17) is 21.5 Å². The number of nitrogens with two attached hydrogens (primary N) is 1. The molecule has 0 amide bonds. The Morgan fingerprint density at radius 1 is 1.29 bits per heavy atom. The van der Waals surface area contributed by atoms with E-state index >= 15 is 0 Å². The maximum absolute atomic E-state index is 13.8. The van der Waals surface area contributed by atoms with E-state index in [0.717, 1.165) is 48.5 Å². The molecule has 4 N–H and O–H groups in total. The molecule has 3 aromatic rings. The molecular formula is C28H33ClN4O6S2. The molecule has 2 fully saturated rings. The average molecular weight is 621 g/mol. The summed E-state index contributed by atoms with van der Waals surface area (Å²) in [6, 6.07) is 9.46. The molecule has 5 rings (SSSR count). The largest absolute Gasteiger partial charge is 0.393 e. The van der Waals surface area contributed by atoms with Crippen LogP contribution in [-0.4, -0.2) is 61.2 Å². The van der Waals surface area contributed by atoms with Gasteiger partial charge < -0.3 is 15.2 Å². The first-order valence-corrected chi connectivity index (χ1v) is 16.2. The van der Waals surface area contributed by atoms with Crippen molar-refractivity contribution in [2.24, 2.45) is 17.0 Å². The van der Waals surface area contributed by atoms with Crippen molar-refractivity contribution in [2.45, 2.75) is 50.7 Å². The third-order valence-electron chi connectivity index (χ3n) is 7.53. The molecule has 1 aromatic carbocycles. The normalized spacial score (nSPS) is 23.0. The first-order chi connectivity index (χ1) is 19.6. The maximum atomic E-state index is 13.8. The molecule has 0 spiro atoms. The van der Waals surface area contributed by atoms with Gasteiger partial charge >= 0.3 is 10.3 Å². The molecule has 2 aliphatic rings. The van der Waals surface area contributed by atoms with Crippen LogP contribution in [-0.2, 0) is 32.1 Å². The minimum atomic E-state index is -4.10. The second kappa shape index (κ2) is 13.2. The number of nitrogens with zero attached hydrogens (tertiary/aromatic N) is 2. The molecule has 1 aliphatic carbocycles. The highest BCUT2D eigenvalue weighted by molar-refractivity contribution is 7.84. The summed E-state index contributed by atoms with van der Waals surface area (Å²) in [5.74, 6) is 0.150. The minimum Gasteiger partial charge on any atom is -0.393 e. The molecule has 220 valence electrons. The zero-order chi connectivity index (χ0) is 29.0. The summed E-state index contributed by atoms with van der Waals surface area (Å²) < 4.78 is 32.7. The Morgan fingerprint density at radius 2 is 2.15 bits per heavy atom. The number of aromatic nitrogens is 2. The highest BCUT2D eigenvalue weighted by Crippen LogP contribution is 2.34. The number of rotatable bonds is 11. The number of hydrogen-bond acceptors (Lipinski definition) is 10. The highest BCUT2D eigenvalue weighted by Gasteiger charge is 2.35. The second-order valence-corrected chi connectivity index (χ2v) is 13.5. The van der Waals surface area contributed by atoms with Crippen LogP contribution in [0.4, 0.5) is 5.82 Å². The van der Waals surface area contributed by atoms with Crippen LogP contribution >= 0.6 is 22.9 Å². The van der Waals surface area contributed by atoms with Gasteiger partial charge in [-0.05, 0) is 73.8 Å². The van der Waals surface area contributed by atoms with Crippen LogP contribution in [0.3, 0.4) is 0 Å². The molecular weight excluding hydrogens is 588 g/mol. The van der Waals surface area contributed by atoms with Crippen LogP contribution in [0.15, 0.2) is 42.9 Å². The zero-order valence-corrected chi connectivity index (χ0v) is 24.8. The van der Waals surface area contributed by atoms with Gasteiger partial charge in [-0.15, -0.1) is 11.3 Å². The Bertz CT molecular complexity index is 1480. The molecule has 3 heterocycles. The number of aliphatic hydroxyl groups is 1. The SMILES string of the molecule is NS(=O)(=O)OC[C@H]1C[C@@H](Nc2ncncc2C(=O)c2cc(Cc3cccc(Cl)c3)c(CC3CCCOC3)s2)C[C@@H]1O. The number of carbonyl (C=O) groups is 1. The van der Waals surface area contributed by atoms with Gasteiger partial charge in [0.25, 0.3) is 0 Å². The molecule has 0 bridgehead atoms. The molecule has 10 nitrogen and oxygen atoms in total. The molecule has 41 heavy (non-hydrogen) atoms. The molecule has 4 atom stereocenters. The summed E-state index contributed by atoms with van der Waals surface area (Å²) in [7, 11) is -4.10. The number of anilines is 1. The van der Waals surface area contributed by atoms with E-state index < -0.39 is 22.3 Å². The van der Waals surface area contributed by atoms with Crippen molar-refractivity contribution in [1.29, 1.82) is 0 Å². The number of nitrogens with one attached hydrogen (secondary N) is 1. The van der Waals surface area contributed by atoms with Gasteiger partial charge in [0.05, 0.1) is 23.2 Å². The van der Waals surface area contributed by atoms with Crippen molar-refractivity contribution in [3.63, 3.8) is 0 Å². The second-order valence-electron chi connectivity index (χ2n) is 10.7. The fourth-order valence-electron chi connectivity index (χ4n) is 5.52. The van der Waals surface area contributed by atoms with E-state index in [-0.39, 0.29) is 18.4 Å². The summed E-state index contributed by atoms with van der Waals surface area (Å²) in [6.45, 7) is 1.30. The molecule has 2 aromatic heterocycles. The number of aliphatic hydroxyl groups excluding tert-OH is 1. The monoisotopic (exact) mass is 620 g/mol. The Hall–Kier alpha value is -2.45. The van der Waals surface area contributed by atoms with Crippen molar-refractivity contribution < 1.29 is 27.2 Å². The van der Waals surface area contributed by atoms with E-state index in [0.29, 0.717) is 46.5 Å². The summed E-state index contributed by atoms with van der Waals surface area (Å²) in [5.41, 5.74) is 2.49. The summed E-state index contributed by atoms with van der Waals surface area (Å²) >= 11 is 7.74. The Labute approximate surface area is 248 Å². The Balaban J connectivity index is 1.36. The van der Waals surface area contributed by atoms with E-state index in [9.17, 15) is 18.3 Å². The van der Waals surface area contributed by atoms with Gasteiger partial charge in [-0.25, -0.2) is 15.1 Å². The third-order valence-corrected chi connectivity index (χ3v) is 9.43.